The second kappa shape index (κ2) is 1.93. The van der Waals surface area contributed by atoms with Gasteiger partial charge in [0.25, 0.3) is 0 Å². The van der Waals surface area contributed by atoms with E-state index in [1.165, 1.54) is 3.02 Å². The minimum atomic E-state index is 0.649. The van der Waals surface area contributed by atoms with Gasteiger partial charge in [-0.25, -0.2) is 0 Å². The van der Waals surface area contributed by atoms with Gasteiger partial charge in [-0.15, -0.1) is 0 Å². The molecule has 0 bridgehead atoms. The summed E-state index contributed by atoms with van der Waals surface area (Å²) in [6, 6.07) is 0. The molecule has 0 spiro atoms. The van der Waals surface area contributed by atoms with Crippen molar-refractivity contribution in [3.05, 3.63) is 11.6 Å². The van der Waals surface area contributed by atoms with Crippen molar-refractivity contribution < 1.29 is 0 Å². The van der Waals surface area contributed by atoms with Crippen molar-refractivity contribution >= 4 is 36.9 Å². The van der Waals surface area contributed by atoms with Gasteiger partial charge < -0.3 is 0 Å². The van der Waals surface area contributed by atoms with Gasteiger partial charge in [0.05, 0.1) is 0 Å². The second-order valence-corrected chi connectivity index (χ2v) is 6.92. The van der Waals surface area contributed by atoms with Crippen LogP contribution in [0.15, 0.2) is 11.6 Å². The zero-order valence-electron chi connectivity index (χ0n) is 3.51. The van der Waals surface area contributed by atoms with Crippen LogP contribution in [0.3, 0.4) is 0 Å². The van der Waals surface area contributed by atoms with Crippen molar-refractivity contribution in [1.82, 2.24) is 4.98 Å². The van der Waals surface area contributed by atoms with Crippen LogP contribution in [0.5, 0.6) is 0 Å². The molecule has 1 nitrogen and oxygen atoms in total. The molecule has 1 rings (SSSR count). The predicted molar refractivity (Wildman–Crippen MR) is 31.7 cm³/mol. The van der Waals surface area contributed by atoms with E-state index in [1.807, 2.05) is 11.6 Å². The van der Waals surface area contributed by atoms with Crippen molar-refractivity contribution in [2.24, 2.45) is 0 Å². The summed E-state index contributed by atoms with van der Waals surface area (Å²) in [4.78, 5) is 4.03. The van der Waals surface area contributed by atoms with E-state index >= 15 is 0 Å². The molecule has 0 aromatic carbocycles. The number of hydrogen-bond donors (Lipinski definition) is 0. The molecule has 0 aliphatic heterocycles. The van der Waals surface area contributed by atoms with Crippen LogP contribution in [0.25, 0.3) is 0 Å². The molecule has 1 heterocycles. The van der Waals surface area contributed by atoms with E-state index in [0.29, 0.717) is 22.5 Å². The van der Waals surface area contributed by atoms with E-state index in [0.717, 1.165) is 0 Å². The molecule has 0 fully saturated rings. The average Bonchev–Trinajstić information content (AvgIpc) is 1.86. The van der Waals surface area contributed by atoms with Gasteiger partial charge in [0.1, 0.15) is 0 Å². The molecule has 0 saturated heterocycles. The Morgan fingerprint density at radius 3 is 2.83 bits per heavy atom. The van der Waals surface area contributed by atoms with Crippen LogP contribution >= 0.6 is 11.3 Å². The van der Waals surface area contributed by atoms with Gasteiger partial charge in [-0.1, -0.05) is 0 Å². The molecule has 0 saturated carbocycles. The van der Waals surface area contributed by atoms with Crippen molar-refractivity contribution in [2.45, 2.75) is 0 Å². The fourth-order valence-electron chi connectivity index (χ4n) is 0.295. The summed E-state index contributed by atoms with van der Waals surface area (Å²) < 4.78 is 1.34. The first-order valence-electron chi connectivity index (χ1n) is 1.75. The molecule has 32 valence electrons. The predicted octanol–water partition coefficient (Wildman–Crippen LogP) is -0.866. The van der Waals surface area contributed by atoms with Crippen molar-refractivity contribution in [3.63, 3.8) is 0 Å². The van der Waals surface area contributed by atoms with Gasteiger partial charge in [0.2, 0.25) is 0 Å². The third-order valence-corrected chi connectivity index (χ3v) is 4.02. The Bertz CT molecular complexity index is 114. The van der Waals surface area contributed by atoms with E-state index in [1.54, 1.807) is 11.3 Å². The summed E-state index contributed by atoms with van der Waals surface area (Å²) >= 11 is 2.41. The van der Waals surface area contributed by atoms with Crippen LogP contribution in [0, 0.1) is 0 Å². The SMILES string of the molecule is [SnH3][c]1nccs1. The van der Waals surface area contributed by atoms with Crippen molar-refractivity contribution in [3.8, 4) is 0 Å². The zero-order chi connectivity index (χ0) is 4.41. The summed E-state index contributed by atoms with van der Waals surface area (Å²) in [6.45, 7) is 0. The molecule has 0 aliphatic carbocycles. The number of hydrogen-bond acceptors (Lipinski definition) is 2. The van der Waals surface area contributed by atoms with Crippen LogP contribution < -0.4 is 3.02 Å². The third kappa shape index (κ3) is 0.943. The van der Waals surface area contributed by atoms with Gasteiger partial charge in [0.15, 0.2) is 0 Å². The Labute approximate surface area is 53.5 Å². The first-order valence-corrected chi connectivity index (χ1v) is 5.49. The molecule has 0 aliphatic rings. The van der Waals surface area contributed by atoms with E-state index < -0.39 is 0 Å². The van der Waals surface area contributed by atoms with E-state index in [4.69, 9.17) is 0 Å². The molecule has 0 radical (unpaired) electrons. The standard InChI is InChI=1S/C3H2NS.Sn.3H/c1-2-5-3-4-1;;;;/h1-2H;;;;. The maximum atomic E-state index is 4.03. The van der Waals surface area contributed by atoms with E-state index in [2.05, 4.69) is 4.98 Å². The first-order chi connectivity index (χ1) is 2.89. The molecule has 3 heteroatoms. The fourth-order valence-corrected chi connectivity index (χ4v) is 2.33. The molecule has 0 atom stereocenters. The molecule has 0 N–H and O–H groups in total. The second-order valence-electron chi connectivity index (χ2n) is 1.05. The molecule has 6 heavy (non-hydrogen) atoms. The Balaban J connectivity index is 3.05. The van der Waals surface area contributed by atoms with E-state index in [-0.39, 0.29) is 0 Å². The molecule has 1 aromatic heterocycles. The summed E-state index contributed by atoms with van der Waals surface area (Å²) in [6.07, 6.45) is 1.86. The molecular weight excluding hydrogens is 201 g/mol. The fraction of sp³-hybridized carbons (Fsp3) is 0. The Kier molecular flexibility index (Phi) is 1.47. The van der Waals surface area contributed by atoms with Gasteiger partial charge in [-0.05, 0) is 0 Å². The number of rotatable bonds is 0. The summed E-state index contributed by atoms with van der Waals surface area (Å²) in [5.74, 6) is 0. The van der Waals surface area contributed by atoms with Crippen LogP contribution in [0.2, 0.25) is 0 Å². The molecule has 0 unspecified atom stereocenters. The summed E-state index contributed by atoms with van der Waals surface area (Å²) in [5, 5.41) is 2.02. The van der Waals surface area contributed by atoms with Gasteiger partial charge in [-0.3, -0.25) is 0 Å². The van der Waals surface area contributed by atoms with Gasteiger partial charge >= 0.3 is 53.4 Å². The normalized spacial score (nSPS) is 9.33. The maximum absolute atomic E-state index is 4.03. The molecular formula is C3H5NSSn. The van der Waals surface area contributed by atoms with Crippen LogP contribution in [-0.4, -0.2) is 27.5 Å². The van der Waals surface area contributed by atoms with E-state index in [9.17, 15) is 0 Å². The van der Waals surface area contributed by atoms with Gasteiger partial charge in [0, 0.05) is 0 Å². The number of thiazole rings is 1. The molecule has 1 aromatic rings. The number of aromatic nitrogens is 1. The summed E-state index contributed by atoms with van der Waals surface area (Å²) in [7, 11) is 0. The Morgan fingerprint density at radius 2 is 2.67 bits per heavy atom. The topological polar surface area (TPSA) is 12.9 Å². The number of nitrogens with zero attached hydrogens (tertiary/aromatic N) is 1. The third-order valence-electron chi connectivity index (χ3n) is 0.556. The van der Waals surface area contributed by atoms with Crippen LogP contribution in [-0.2, 0) is 0 Å². The van der Waals surface area contributed by atoms with Gasteiger partial charge in [-0.2, -0.15) is 0 Å². The Morgan fingerprint density at radius 1 is 1.83 bits per heavy atom. The quantitative estimate of drug-likeness (QED) is 0.503. The van der Waals surface area contributed by atoms with Crippen molar-refractivity contribution in [2.75, 3.05) is 0 Å². The zero-order valence-corrected chi connectivity index (χ0v) is 10.0. The average molecular weight is 206 g/mol. The monoisotopic (exact) mass is 207 g/mol. The van der Waals surface area contributed by atoms with Crippen LogP contribution in [0.1, 0.15) is 0 Å². The minimum absolute atomic E-state index is 0.649. The van der Waals surface area contributed by atoms with Crippen molar-refractivity contribution in [1.29, 1.82) is 0 Å². The first kappa shape index (κ1) is 4.58. The molecule has 0 amide bonds. The summed E-state index contributed by atoms with van der Waals surface area (Å²) in [5.41, 5.74) is 0. The Hall–Kier alpha value is 0.429. The van der Waals surface area contributed by atoms with Crippen LogP contribution in [0.4, 0.5) is 0 Å².